The van der Waals surface area contributed by atoms with E-state index in [1.54, 1.807) is 19.1 Å². The molecule has 3 nitrogen and oxygen atoms in total. The Morgan fingerprint density at radius 1 is 0.923 bits per heavy atom. The van der Waals surface area contributed by atoms with Crippen LogP contribution in [0.5, 0.6) is 5.75 Å². The molecule has 0 fully saturated rings. The van der Waals surface area contributed by atoms with Crippen molar-refractivity contribution >= 4 is 11.5 Å². The highest BCUT2D eigenvalue weighted by atomic mass is 16.5. The molecule has 0 aliphatic heterocycles. The first-order valence-corrected chi connectivity index (χ1v) is 8.70. The second-order valence-electron chi connectivity index (χ2n) is 6.34. The molecular weight excluding hydrogens is 322 g/mol. The number of rotatable bonds is 7. The molecule has 132 valence electrons. The number of anilines is 1. The van der Waals surface area contributed by atoms with Gasteiger partial charge in [-0.25, -0.2) is 0 Å². The fraction of sp³-hybridized carbons (Fsp3) is 0.174. The number of benzene rings is 3. The van der Waals surface area contributed by atoms with E-state index in [4.69, 9.17) is 4.74 Å². The first-order chi connectivity index (χ1) is 12.6. The summed E-state index contributed by atoms with van der Waals surface area (Å²) in [5.74, 6) is 0.747. The summed E-state index contributed by atoms with van der Waals surface area (Å²) in [6.45, 7) is 2.85. The molecule has 3 aromatic carbocycles. The van der Waals surface area contributed by atoms with Crippen molar-refractivity contribution in [3.63, 3.8) is 0 Å². The van der Waals surface area contributed by atoms with E-state index in [1.807, 2.05) is 30.3 Å². The van der Waals surface area contributed by atoms with Gasteiger partial charge in [-0.1, -0.05) is 60.7 Å². The molecule has 0 amide bonds. The minimum atomic E-state index is 0.0402. The summed E-state index contributed by atoms with van der Waals surface area (Å²) in [5, 5.41) is 0. The number of Topliss-reactive ketones (excluding diaryl/α,β-unsaturated/α-hetero) is 1. The van der Waals surface area contributed by atoms with Gasteiger partial charge in [0.05, 0.1) is 0 Å². The van der Waals surface area contributed by atoms with Crippen LogP contribution in [0.3, 0.4) is 0 Å². The molecular formula is C23H23NO2. The molecule has 0 atom stereocenters. The summed E-state index contributed by atoms with van der Waals surface area (Å²) >= 11 is 0. The van der Waals surface area contributed by atoms with E-state index in [0.717, 1.165) is 17.8 Å². The van der Waals surface area contributed by atoms with Gasteiger partial charge in [0.15, 0.2) is 5.78 Å². The van der Waals surface area contributed by atoms with Crippen LogP contribution in [0.25, 0.3) is 0 Å². The van der Waals surface area contributed by atoms with Gasteiger partial charge in [0.25, 0.3) is 0 Å². The molecule has 0 heterocycles. The smallest absolute Gasteiger partial charge is 0.159 e. The van der Waals surface area contributed by atoms with Gasteiger partial charge in [-0.2, -0.15) is 0 Å². The lowest BCUT2D eigenvalue weighted by atomic mass is 10.1. The van der Waals surface area contributed by atoms with E-state index >= 15 is 0 Å². The molecule has 0 unspecified atom stereocenters. The Morgan fingerprint density at radius 3 is 2.42 bits per heavy atom. The number of carbonyl (C=O) groups is 1. The quantitative estimate of drug-likeness (QED) is 0.558. The topological polar surface area (TPSA) is 29.5 Å². The van der Waals surface area contributed by atoms with Crippen LogP contribution in [0, 0.1) is 0 Å². The second kappa shape index (κ2) is 8.34. The molecule has 3 aromatic rings. The van der Waals surface area contributed by atoms with Gasteiger partial charge >= 0.3 is 0 Å². The Labute approximate surface area is 154 Å². The van der Waals surface area contributed by atoms with Crippen LogP contribution in [0.2, 0.25) is 0 Å². The van der Waals surface area contributed by atoms with Crippen molar-refractivity contribution in [1.82, 2.24) is 0 Å². The zero-order valence-corrected chi connectivity index (χ0v) is 15.2. The minimum Gasteiger partial charge on any atom is -0.489 e. The van der Waals surface area contributed by atoms with Gasteiger partial charge in [0.2, 0.25) is 0 Å². The number of carbonyl (C=O) groups excluding carboxylic acids is 1. The Hall–Kier alpha value is -3.07. The summed E-state index contributed by atoms with van der Waals surface area (Å²) in [5.41, 5.74) is 4.18. The molecule has 3 rings (SSSR count). The number of hydrogen-bond donors (Lipinski definition) is 0. The molecule has 0 N–H and O–H groups in total. The van der Waals surface area contributed by atoms with Crippen LogP contribution in [0.15, 0.2) is 78.9 Å². The Morgan fingerprint density at radius 2 is 1.65 bits per heavy atom. The average Bonchev–Trinajstić information content (AvgIpc) is 2.67. The van der Waals surface area contributed by atoms with Crippen LogP contribution in [0.1, 0.15) is 28.4 Å². The molecule has 0 aromatic heterocycles. The molecule has 0 aliphatic carbocycles. The maximum atomic E-state index is 11.5. The number of para-hydroxylation sites is 1. The van der Waals surface area contributed by atoms with Crippen molar-refractivity contribution in [2.24, 2.45) is 0 Å². The van der Waals surface area contributed by atoms with Crippen LogP contribution >= 0.6 is 0 Å². The highest BCUT2D eigenvalue weighted by molar-refractivity contribution is 5.94. The fourth-order valence-electron chi connectivity index (χ4n) is 2.91. The maximum Gasteiger partial charge on any atom is 0.159 e. The summed E-state index contributed by atoms with van der Waals surface area (Å²) in [7, 11) is 2.09. The summed E-state index contributed by atoms with van der Waals surface area (Å²) in [6.07, 6.45) is 0. The molecule has 0 radical (unpaired) electrons. The van der Waals surface area contributed by atoms with Gasteiger partial charge in [-0.15, -0.1) is 0 Å². The van der Waals surface area contributed by atoms with Crippen LogP contribution in [-0.4, -0.2) is 12.8 Å². The second-order valence-corrected chi connectivity index (χ2v) is 6.34. The molecule has 0 aliphatic rings. The molecule has 0 bridgehead atoms. The summed E-state index contributed by atoms with van der Waals surface area (Å²) in [6, 6.07) is 25.9. The molecule has 3 heteroatoms. The standard InChI is InChI=1S/C23H23NO2/c1-18(25)20-12-8-13-22(15-20)26-17-21-11-6-7-14-23(21)24(2)16-19-9-4-3-5-10-19/h3-15H,16-17H2,1-2H3. The minimum absolute atomic E-state index is 0.0402. The molecule has 0 spiro atoms. The molecule has 26 heavy (non-hydrogen) atoms. The predicted octanol–water partition coefficient (Wildman–Crippen LogP) is 5.10. The van der Waals surface area contributed by atoms with E-state index in [2.05, 4.69) is 48.3 Å². The number of hydrogen-bond acceptors (Lipinski definition) is 3. The molecule has 0 saturated heterocycles. The summed E-state index contributed by atoms with van der Waals surface area (Å²) in [4.78, 5) is 13.7. The normalized spacial score (nSPS) is 10.4. The zero-order valence-electron chi connectivity index (χ0n) is 15.2. The largest absolute Gasteiger partial charge is 0.489 e. The van der Waals surface area contributed by atoms with Crippen LogP contribution in [-0.2, 0) is 13.2 Å². The average molecular weight is 345 g/mol. The highest BCUT2D eigenvalue weighted by Gasteiger charge is 2.09. The van der Waals surface area contributed by atoms with Crippen LogP contribution in [0.4, 0.5) is 5.69 Å². The van der Waals surface area contributed by atoms with Crippen LogP contribution < -0.4 is 9.64 Å². The fourth-order valence-corrected chi connectivity index (χ4v) is 2.91. The van der Waals surface area contributed by atoms with Gasteiger partial charge in [0, 0.05) is 30.4 Å². The SMILES string of the molecule is CC(=O)c1cccc(OCc2ccccc2N(C)Cc2ccccc2)c1. The highest BCUT2D eigenvalue weighted by Crippen LogP contribution is 2.23. The lowest BCUT2D eigenvalue weighted by Gasteiger charge is -2.23. The van der Waals surface area contributed by atoms with Crippen molar-refractivity contribution in [3.05, 3.63) is 95.6 Å². The first kappa shape index (κ1) is 17.7. The molecule has 0 saturated carbocycles. The third-order valence-corrected chi connectivity index (χ3v) is 4.30. The number of ether oxygens (including phenoxy) is 1. The van der Waals surface area contributed by atoms with E-state index in [0.29, 0.717) is 17.9 Å². The predicted molar refractivity (Wildman–Crippen MR) is 106 cm³/mol. The third kappa shape index (κ3) is 4.51. The van der Waals surface area contributed by atoms with E-state index < -0.39 is 0 Å². The van der Waals surface area contributed by atoms with Gasteiger partial charge in [0.1, 0.15) is 12.4 Å². The van der Waals surface area contributed by atoms with Crippen molar-refractivity contribution in [2.75, 3.05) is 11.9 Å². The van der Waals surface area contributed by atoms with Gasteiger partial charge in [-0.05, 0) is 30.7 Å². The lowest BCUT2D eigenvalue weighted by molar-refractivity contribution is 0.101. The Balaban J connectivity index is 1.73. The number of ketones is 1. The van der Waals surface area contributed by atoms with E-state index in [1.165, 1.54) is 5.56 Å². The monoisotopic (exact) mass is 345 g/mol. The van der Waals surface area contributed by atoms with Crippen molar-refractivity contribution in [2.45, 2.75) is 20.1 Å². The Bertz CT molecular complexity index is 874. The summed E-state index contributed by atoms with van der Waals surface area (Å²) < 4.78 is 5.95. The van der Waals surface area contributed by atoms with Gasteiger partial charge in [-0.3, -0.25) is 4.79 Å². The van der Waals surface area contributed by atoms with E-state index in [-0.39, 0.29) is 5.78 Å². The third-order valence-electron chi connectivity index (χ3n) is 4.30. The van der Waals surface area contributed by atoms with E-state index in [9.17, 15) is 4.79 Å². The zero-order chi connectivity index (χ0) is 18.4. The van der Waals surface area contributed by atoms with Gasteiger partial charge < -0.3 is 9.64 Å². The van der Waals surface area contributed by atoms with Crippen molar-refractivity contribution in [3.8, 4) is 5.75 Å². The van der Waals surface area contributed by atoms with Crippen molar-refractivity contribution < 1.29 is 9.53 Å². The lowest BCUT2D eigenvalue weighted by Crippen LogP contribution is -2.18. The maximum absolute atomic E-state index is 11.5. The van der Waals surface area contributed by atoms with Crippen molar-refractivity contribution in [1.29, 1.82) is 0 Å². The first-order valence-electron chi connectivity index (χ1n) is 8.70. The number of nitrogens with zero attached hydrogens (tertiary/aromatic N) is 1. The Kier molecular flexibility index (Phi) is 5.69.